The quantitative estimate of drug-likeness (QED) is 0.386. The van der Waals surface area contributed by atoms with E-state index in [1.807, 2.05) is 74.2 Å². The molecule has 0 N–H and O–H groups in total. The number of halogens is 1. The van der Waals surface area contributed by atoms with Crippen molar-refractivity contribution >= 4 is 40.7 Å². The fraction of sp³-hybridized carbons (Fsp3) is 0.258. The molecule has 0 saturated carbocycles. The van der Waals surface area contributed by atoms with Gasteiger partial charge in [0.1, 0.15) is 5.41 Å². The third-order valence-electron chi connectivity index (χ3n) is 7.95. The van der Waals surface area contributed by atoms with E-state index >= 15 is 0 Å². The Morgan fingerprint density at radius 1 is 0.861 bits per heavy atom. The first kappa shape index (κ1) is 22.9. The number of fused-ring (bicyclic) bond motifs is 5. The van der Waals surface area contributed by atoms with Crippen molar-refractivity contribution in [2.45, 2.75) is 38.8 Å². The molecule has 0 aromatic heterocycles. The van der Waals surface area contributed by atoms with E-state index in [1.165, 1.54) is 0 Å². The van der Waals surface area contributed by atoms with E-state index < -0.39 is 28.8 Å². The number of Topliss-reactive ketones (excluding diaryl/α,β-unsaturated/α-hetero) is 3. The summed E-state index contributed by atoms with van der Waals surface area (Å²) in [7, 11) is 0. The van der Waals surface area contributed by atoms with Gasteiger partial charge >= 0.3 is 0 Å². The van der Waals surface area contributed by atoms with Crippen molar-refractivity contribution in [1.29, 1.82) is 0 Å². The lowest BCUT2D eigenvalue weighted by Crippen LogP contribution is -2.49. The minimum Gasteiger partial charge on any atom is -0.352 e. The number of nitrogens with zero attached hydrogens (tertiary/aromatic N) is 1. The summed E-state index contributed by atoms with van der Waals surface area (Å²) in [5, 5.41) is 0.555. The summed E-state index contributed by atoms with van der Waals surface area (Å²) in [4.78, 5) is 45.2. The van der Waals surface area contributed by atoms with Gasteiger partial charge in [-0.1, -0.05) is 99.1 Å². The number of carbonyl (C=O) groups is 3. The topological polar surface area (TPSA) is 54.5 Å². The second-order valence-electron chi connectivity index (χ2n) is 10.9. The molecule has 2 heterocycles. The summed E-state index contributed by atoms with van der Waals surface area (Å²) in [5.74, 6) is -1.13. The summed E-state index contributed by atoms with van der Waals surface area (Å²) < 4.78 is 0. The second-order valence-corrected chi connectivity index (χ2v) is 11.4. The van der Waals surface area contributed by atoms with Crippen molar-refractivity contribution < 1.29 is 14.4 Å². The van der Waals surface area contributed by atoms with Crippen molar-refractivity contribution in [2.24, 2.45) is 10.8 Å². The van der Waals surface area contributed by atoms with E-state index in [0.29, 0.717) is 16.1 Å². The van der Waals surface area contributed by atoms with E-state index in [-0.39, 0.29) is 17.3 Å². The average Bonchev–Trinajstić information content (AvgIpc) is 3.30. The third-order valence-corrected chi connectivity index (χ3v) is 8.20. The normalized spacial score (nSPS) is 23.6. The average molecular weight is 496 g/mol. The number of benzene rings is 3. The lowest BCUT2D eigenvalue weighted by molar-refractivity contribution is -0.127. The number of rotatable bonds is 2. The Balaban J connectivity index is 1.70. The van der Waals surface area contributed by atoms with Crippen molar-refractivity contribution in [2.75, 3.05) is 4.90 Å². The highest BCUT2D eigenvalue weighted by Gasteiger charge is 2.71. The van der Waals surface area contributed by atoms with Crippen LogP contribution < -0.4 is 4.90 Å². The van der Waals surface area contributed by atoms with E-state index in [9.17, 15) is 14.4 Å². The maximum absolute atomic E-state index is 14.4. The fourth-order valence-corrected chi connectivity index (χ4v) is 6.53. The van der Waals surface area contributed by atoms with Gasteiger partial charge in [-0.05, 0) is 29.3 Å². The van der Waals surface area contributed by atoms with Gasteiger partial charge in [0, 0.05) is 33.2 Å². The molecule has 1 spiro atoms. The standard InChI is InChI=1S/C31H26ClNO3/c1-30(2,3)29(36)26-25(19-12-15-20(32)16-13-19)31(27(34)21-9-5-6-10-22(21)28(31)35)24-17-14-18-8-4-7-11-23(18)33(24)26/h4-17,24-26H,1-3H3. The van der Waals surface area contributed by atoms with Crippen LogP contribution in [0, 0.1) is 10.8 Å². The van der Waals surface area contributed by atoms with Crippen LogP contribution in [0.1, 0.15) is 58.5 Å². The summed E-state index contributed by atoms with van der Waals surface area (Å²) in [6.45, 7) is 5.69. The molecule has 3 aliphatic rings. The van der Waals surface area contributed by atoms with Gasteiger partial charge in [0.15, 0.2) is 17.3 Å². The van der Waals surface area contributed by atoms with Crippen LogP contribution in [0.4, 0.5) is 5.69 Å². The van der Waals surface area contributed by atoms with E-state index in [4.69, 9.17) is 11.6 Å². The van der Waals surface area contributed by atoms with Gasteiger partial charge in [0.2, 0.25) is 0 Å². The molecule has 36 heavy (non-hydrogen) atoms. The zero-order chi connectivity index (χ0) is 25.4. The molecule has 180 valence electrons. The predicted octanol–water partition coefficient (Wildman–Crippen LogP) is 6.39. The molecule has 0 amide bonds. The molecule has 1 saturated heterocycles. The molecule has 0 radical (unpaired) electrons. The number of carbonyl (C=O) groups excluding carboxylic acids is 3. The molecule has 2 aliphatic heterocycles. The highest BCUT2D eigenvalue weighted by atomic mass is 35.5. The lowest BCUT2D eigenvalue weighted by atomic mass is 9.63. The zero-order valence-corrected chi connectivity index (χ0v) is 21.1. The molecule has 3 unspecified atom stereocenters. The minimum absolute atomic E-state index is 0.00835. The molecule has 5 heteroatoms. The first-order valence-electron chi connectivity index (χ1n) is 12.2. The van der Waals surface area contributed by atoms with Crippen LogP contribution >= 0.6 is 11.6 Å². The molecule has 1 aliphatic carbocycles. The van der Waals surface area contributed by atoms with Crippen molar-refractivity contribution in [1.82, 2.24) is 0 Å². The highest BCUT2D eigenvalue weighted by molar-refractivity contribution is 6.32. The van der Waals surface area contributed by atoms with Crippen LogP contribution in [0.15, 0.2) is 78.9 Å². The summed E-state index contributed by atoms with van der Waals surface area (Å²) in [6.07, 6.45) is 3.92. The van der Waals surface area contributed by atoms with Gasteiger partial charge in [-0.3, -0.25) is 14.4 Å². The van der Waals surface area contributed by atoms with Crippen LogP contribution in [0.2, 0.25) is 5.02 Å². The first-order chi connectivity index (χ1) is 17.2. The molecular weight excluding hydrogens is 470 g/mol. The SMILES string of the molecule is CC(C)(C)C(=O)C1C(c2ccc(Cl)cc2)C2(C(=O)c3ccccc3C2=O)C2C=Cc3ccccc3N12. The molecule has 3 atom stereocenters. The van der Waals surface area contributed by atoms with Crippen LogP contribution in [-0.2, 0) is 4.79 Å². The second kappa shape index (κ2) is 7.75. The Bertz CT molecular complexity index is 1430. The van der Waals surface area contributed by atoms with Gasteiger partial charge in [0.05, 0.1) is 12.1 Å². The van der Waals surface area contributed by atoms with Crippen molar-refractivity contribution in [3.05, 3.63) is 106 Å². The molecular formula is C31H26ClNO3. The van der Waals surface area contributed by atoms with E-state index in [2.05, 4.69) is 0 Å². The van der Waals surface area contributed by atoms with Gasteiger partial charge in [-0.15, -0.1) is 0 Å². The highest BCUT2D eigenvalue weighted by Crippen LogP contribution is 2.61. The lowest BCUT2D eigenvalue weighted by Gasteiger charge is -2.38. The first-order valence-corrected chi connectivity index (χ1v) is 12.6. The molecule has 6 rings (SSSR count). The smallest absolute Gasteiger partial charge is 0.180 e. The predicted molar refractivity (Wildman–Crippen MR) is 142 cm³/mol. The van der Waals surface area contributed by atoms with Crippen LogP contribution in [0.5, 0.6) is 0 Å². The molecule has 3 aromatic rings. The third kappa shape index (κ3) is 2.91. The Morgan fingerprint density at radius 3 is 2.06 bits per heavy atom. The number of anilines is 1. The van der Waals surface area contributed by atoms with Gasteiger partial charge in [-0.25, -0.2) is 0 Å². The number of hydrogen-bond acceptors (Lipinski definition) is 4. The van der Waals surface area contributed by atoms with Gasteiger partial charge < -0.3 is 4.90 Å². The Kier molecular flexibility index (Phi) is 4.94. The summed E-state index contributed by atoms with van der Waals surface area (Å²) in [6, 6.07) is 20.8. The summed E-state index contributed by atoms with van der Waals surface area (Å²) in [5.41, 5.74) is 1.28. The molecule has 4 nitrogen and oxygen atoms in total. The Morgan fingerprint density at radius 2 is 1.44 bits per heavy atom. The largest absolute Gasteiger partial charge is 0.352 e. The number of hydrogen-bond donors (Lipinski definition) is 0. The van der Waals surface area contributed by atoms with Crippen LogP contribution in [0.3, 0.4) is 0 Å². The van der Waals surface area contributed by atoms with Crippen molar-refractivity contribution in [3.8, 4) is 0 Å². The van der Waals surface area contributed by atoms with Gasteiger partial charge in [-0.2, -0.15) is 0 Å². The van der Waals surface area contributed by atoms with Crippen LogP contribution in [-0.4, -0.2) is 29.4 Å². The number of para-hydroxylation sites is 1. The fourth-order valence-electron chi connectivity index (χ4n) is 6.40. The molecule has 1 fully saturated rings. The Hall–Kier alpha value is -3.50. The maximum Gasteiger partial charge on any atom is 0.180 e. The molecule has 3 aromatic carbocycles. The monoisotopic (exact) mass is 495 g/mol. The van der Waals surface area contributed by atoms with Crippen molar-refractivity contribution in [3.63, 3.8) is 0 Å². The van der Waals surface area contributed by atoms with E-state index in [1.54, 1.807) is 36.4 Å². The molecule has 0 bridgehead atoms. The summed E-state index contributed by atoms with van der Waals surface area (Å²) >= 11 is 6.24. The number of ketones is 3. The minimum atomic E-state index is -1.47. The van der Waals surface area contributed by atoms with Gasteiger partial charge in [0.25, 0.3) is 0 Å². The Labute approximate surface area is 215 Å². The van der Waals surface area contributed by atoms with E-state index in [0.717, 1.165) is 16.8 Å². The zero-order valence-electron chi connectivity index (χ0n) is 20.4. The van der Waals surface area contributed by atoms with Crippen LogP contribution in [0.25, 0.3) is 6.08 Å². The maximum atomic E-state index is 14.4.